The highest BCUT2D eigenvalue weighted by atomic mass is 16.5. The van der Waals surface area contributed by atoms with Crippen LogP contribution in [0.2, 0.25) is 0 Å². The highest BCUT2D eigenvalue weighted by Crippen LogP contribution is 2.34. The summed E-state index contributed by atoms with van der Waals surface area (Å²) >= 11 is 0. The number of rotatable bonds is 3. The average Bonchev–Trinajstić information content (AvgIpc) is 2.44. The molecule has 98 valence electrons. The fourth-order valence-electron chi connectivity index (χ4n) is 1.93. The lowest BCUT2D eigenvalue weighted by molar-refractivity contribution is -0.104. The number of carbonyl (C=O) groups is 1. The van der Waals surface area contributed by atoms with E-state index in [1.165, 1.54) is 13.2 Å². The van der Waals surface area contributed by atoms with Crippen molar-refractivity contribution in [3.63, 3.8) is 0 Å². The topological polar surface area (TPSA) is 56.5 Å². The van der Waals surface area contributed by atoms with Gasteiger partial charge >= 0.3 is 5.63 Å². The predicted octanol–water partition coefficient (Wildman–Crippen LogP) is 2.79. The Morgan fingerprint density at radius 3 is 2.53 bits per heavy atom. The van der Waals surface area contributed by atoms with Crippen LogP contribution in [-0.4, -0.2) is 13.4 Å². The first-order valence-corrected chi connectivity index (χ1v) is 5.82. The van der Waals surface area contributed by atoms with Gasteiger partial charge in [-0.2, -0.15) is 0 Å². The van der Waals surface area contributed by atoms with Gasteiger partial charge in [0.2, 0.25) is 0 Å². The fourth-order valence-corrected chi connectivity index (χ4v) is 1.93. The number of hydrogen-bond donors (Lipinski definition) is 0. The summed E-state index contributed by atoms with van der Waals surface area (Å²) in [5.74, 6) is 0.570. The van der Waals surface area contributed by atoms with Gasteiger partial charge in [-0.05, 0) is 43.2 Å². The zero-order valence-electron chi connectivity index (χ0n) is 11.0. The van der Waals surface area contributed by atoms with Gasteiger partial charge in [-0.25, -0.2) is 4.79 Å². The van der Waals surface area contributed by atoms with Crippen molar-refractivity contribution >= 4 is 22.8 Å². The van der Waals surface area contributed by atoms with E-state index in [2.05, 4.69) is 0 Å². The summed E-state index contributed by atoms with van der Waals surface area (Å²) in [6, 6.07) is 6.65. The third kappa shape index (κ3) is 2.29. The van der Waals surface area contributed by atoms with Crippen molar-refractivity contribution in [3.8, 4) is 5.75 Å². The molecule has 0 bridgehead atoms. The number of carbonyl (C=O) groups excluding carboxylic acids is 1. The molecular weight excluding hydrogens is 244 g/mol. The molecule has 0 aliphatic heterocycles. The molecule has 2 aromatic rings. The Bertz CT molecular complexity index is 722. The highest BCUT2D eigenvalue weighted by Gasteiger charge is 2.14. The standard InChI is InChI=1S/C15H14O4/c1-9(8-16)10(2)14-12(18-3)6-4-11-5-7-13(17)19-15(11)14/h4-8H,1-3H3. The van der Waals surface area contributed by atoms with Crippen molar-refractivity contribution in [2.75, 3.05) is 7.11 Å². The van der Waals surface area contributed by atoms with E-state index in [0.29, 0.717) is 22.5 Å². The lowest BCUT2D eigenvalue weighted by Gasteiger charge is -2.12. The molecule has 4 nitrogen and oxygen atoms in total. The van der Waals surface area contributed by atoms with E-state index < -0.39 is 5.63 Å². The Morgan fingerprint density at radius 1 is 1.21 bits per heavy atom. The molecule has 19 heavy (non-hydrogen) atoms. The minimum atomic E-state index is -0.432. The highest BCUT2D eigenvalue weighted by molar-refractivity contribution is 5.97. The smallest absolute Gasteiger partial charge is 0.336 e. The van der Waals surface area contributed by atoms with E-state index in [0.717, 1.165) is 17.2 Å². The monoisotopic (exact) mass is 258 g/mol. The van der Waals surface area contributed by atoms with Crippen molar-refractivity contribution in [3.05, 3.63) is 45.8 Å². The molecule has 0 atom stereocenters. The van der Waals surface area contributed by atoms with Gasteiger partial charge in [0.25, 0.3) is 0 Å². The van der Waals surface area contributed by atoms with E-state index in [1.54, 1.807) is 26.0 Å². The predicted molar refractivity (Wildman–Crippen MR) is 73.4 cm³/mol. The molecule has 0 saturated carbocycles. The van der Waals surface area contributed by atoms with Crippen molar-refractivity contribution in [1.29, 1.82) is 0 Å². The second kappa shape index (κ2) is 5.10. The van der Waals surface area contributed by atoms with Crippen LogP contribution in [0.15, 0.2) is 39.1 Å². The maximum atomic E-state index is 11.4. The van der Waals surface area contributed by atoms with E-state index in [4.69, 9.17) is 9.15 Å². The number of ether oxygens (including phenoxy) is 1. The molecule has 0 radical (unpaired) electrons. The molecule has 0 aliphatic carbocycles. The Labute approximate surface area is 110 Å². The first kappa shape index (κ1) is 13.1. The molecule has 0 amide bonds. The zero-order chi connectivity index (χ0) is 14.0. The number of benzene rings is 1. The molecule has 2 rings (SSSR count). The number of aldehydes is 1. The van der Waals surface area contributed by atoms with Crippen LogP contribution in [0.3, 0.4) is 0 Å². The summed E-state index contributed by atoms with van der Waals surface area (Å²) in [5, 5.41) is 0.786. The van der Waals surface area contributed by atoms with Gasteiger partial charge in [-0.1, -0.05) is 0 Å². The van der Waals surface area contributed by atoms with Crippen LogP contribution in [0, 0.1) is 0 Å². The molecule has 0 N–H and O–H groups in total. The van der Waals surface area contributed by atoms with Gasteiger partial charge in [0.15, 0.2) is 0 Å². The second-order valence-corrected chi connectivity index (χ2v) is 4.24. The zero-order valence-corrected chi connectivity index (χ0v) is 11.0. The minimum absolute atomic E-state index is 0.432. The SMILES string of the molecule is COc1ccc2ccc(=O)oc2c1C(C)=C(C)C=O. The van der Waals surface area contributed by atoms with E-state index in [-0.39, 0.29) is 0 Å². The van der Waals surface area contributed by atoms with Crippen LogP contribution in [0.25, 0.3) is 16.5 Å². The maximum Gasteiger partial charge on any atom is 0.336 e. The molecule has 0 unspecified atom stereocenters. The van der Waals surface area contributed by atoms with Crippen LogP contribution >= 0.6 is 0 Å². The van der Waals surface area contributed by atoms with Crippen molar-refractivity contribution < 1.29 is 13.9 Å². The molecule has 1 aromatic carbocycles. The lowest BCUT2D eigenvalue weighted by atomic mass is 9.99. The summed E-state index contributed by atoms with van der Waals surface area (Å²) < 4.78 is 10.6. The Morgan fingerprint density at radius 2 is 1.89 bits per heavy atom. The summed E-state index contributed by atoms with van der Waals surface area (Å²) in [5.41, 5.74) is 1.94. The van der Waals surface area contributed by atoms with Gasteiger partial charge < -0.3 is 9.15 Å². The van der Waals surface area contributed by atoms with Gasteiger partial charge in [0.1, 0.15) is 17.6 Å². The Kier molecular flexibility index (Phi) is 3.51. The van der Waals surface area contributed by atoms with Gasteiger partial charge in [0, 0.05) is 11.5 Å². The van der Waals surface area contributed by atoms with Crippen molar-refractivity contribution in [1.82, 2.24) is 0 Å². The van der Waals surface area contributed by atoms with E-state index in [9.17, 15) is 9.59 Å². The third-order valence-corrected chi connectivity index (χ3v) is 3.11. The molecule has 4 heteroatoms. The molecule has 0 aliphatic rings. The van der Waals surface area contributed by atoms with Gasteiger partial charge in [0.05, 0.1) is 12.7 Å². The molecule has 0 saturated heterocycles. The number of hydrogen-bond acceptors (Lipinski definition) is 4. The molecule has 0 spiro atoms. The van der Waals surface area contributed by atoms with Crippen molar-refractivity contribution in [2.45, 2.75) is 13.8 Å². The largest absolute Gasteiger partial charge is 0.496 e. The Balaban J connectivity index is 2.93. The molecular formula is C15H14O4. The van der Waals surface area contributed by atoms with Crippen LogP contribution < -0.4 is 10.4 Å². The Hall–Kier alpha value is -2.36. The van der Waals surface area contributed by atoms with Crippen LogP contribution in [-0.2, 0) is 4.79 Å². The van der Waals surface area contributed by atoms with Crippen LogP contribution in [0.1, 0.15) is 19.4 Å². The van der Waals surface area contributed by atoms with E-state index >= 15 is 0 Å². The first-order chi connectivity index (χ1) is 9.08. The quantitative estimate of drug-likeness (QED) is 0.482. The number of fused-ring (bicyclic) bond motifs is 1. The molecule has 1 heterocycles. The lowest BCUT2D eigenvalue weighted by Crippen LogP contribution is -1.99. The number of allylic oxidation sites excluding steroid dienone is 2. The second-order valence-electron chi connectivity index (χ2n) is 4.24. The molecule has 1 aromatic heterocycles. The summed E-state index contributed by atoms with van der Waals surface area (Å²) in [6.45, 7) is 3.51. The summed E-state index contributed by atoms with van der Waals surface area (Å²) in [7, 11) is 1.54. The minimum Gasteiger partial charge on any atom is -0.496 e. The normalized spacial score (nSPS) is 12.2. The van der Waals surface area contributed by atoms with Gasteiger partial charge in [-0.3, -0.25) is 4.79 Å². The van der Waals surface area contributed by atoms with Crippen LogP contribution in [0.4, 0.5) is 0 Å². The summed E-state index contributed by atoms with van der Waals surface area (Å²) in [4.78, 5) is 22.3. The summed E-state index contributed by atoms with van der Waals surface area (Å²) in [6.07, 6.45) is 0.772. The van der Waals surface area contributed by atoms with Crippen molar-refractivity contribution in [2.24, 2.45) is 0 Å². The molecule has 0 fully saturated rings. The first-order valence-electron chi connectivity index (χ1n) is 5.82. The average molecular weight is 258 g/mol. The van der Waals surface area contributed by atoms with Crippen LogP contribution in [0.5, 0.6) is 5.75 Å². The van der Waals surface area contributed by atoms with E-state index in [1.807, 2.05) is 6.07 Å². The number of methoxy groups -OCH3 is 1. The maximum absolute atomic E-state index is 11.4. The van der Waals surface area contributed by atoms with Gasteiger partial charge in [-0.15, -0.1) is 0 Å². The third-order valence-electron chi connectivity index (χ3n) is 3.11. The fraction of sp³-hybridized carbons (Fsp3) is 0.200.